The number of nitrogens with one attached hydrogen (secondary N) is 1. The minimum atomic E-state index is -0.861. The van der Waals surface area contributed by atoms with Gasteiger partial charge in [-0.05, 0) is 25.8 Å². The molecule has 0 bridgehead atoms. The van der Waals surface area contributed by atoms with Crippen LogP contribution in [0.4, 0.5) is 0 Å². The number of hydrogen-bond acceptors (Lipinski definition) is 4. The third kappa shape index (κ3) is 3.28. The van der Waals surface area contributed by atoms with Crippen LogP contribution < -0.4 is 5.32 Å². The Balaban J connectivity index is 1.90. The number of rotatable bonds is 4. The zero-order valence-electron chi connectivity index (χ0n) is 9.86. The Kier molecular flexibility index (Phi) is 3.81. The van der Waals surface area contributed by atoms with Crippen molar-refractivity contribution in [2.75, 3.05) is 13.2 Å². The maximum absolute atomic E-state index is 10.7. The second kappa shape index (κ2) is 5.16. The van der Waals surface area contributed by atoms with Crippen LogP contribution in [0.5, 0.6) is 0 Å². The summed E-state index contributed by atoms with van der Waals surface area (Å²) >= 11 is 1.48. The summed E-state index contributed by atoms with van der Waals surface area (Å²) in [6.45, 7) is 4.43. The Bertz CT molecular complexity index is 396. The van der Waals surface area contributed by atoms with Gasteiger partial charge in [0.1, 0.15) is 0 Å². The summed E-state index contributed by atoms with van der Waals surface area (Å²) in [6.07, 6.45) is 2.18. The van der Waals surface area contributed by atoms with Crippen molar-refractivity contribution in [2.45, 2.75) is 31.8 Å². The average molecular weight is 255 g/mol. The first-order chi connectivity index (χ1) is 8.09. The molecular formula is C12H17NO3S. The van der Waals surface area contributed by atoms with Crippen molar-refractivity contribution in [1.82, 2.24) is 5.32 Å². The Labute approximate surface area is 105 Å². The van der Waals surface area contributed by atoms with E-state index in [-0.39, 0.29) is 5.54 Å². The topological polar surface area (TPSA) is 58.6 Å². The first kappa shape index (κ1) is 12.5. The van der Waals surface area contributed by atoms with Crippen molar-refractivity contribution < 1.29 is 14.6 Å². The predicted octanol–water partition coefficient (Wildman–Crippen LogP) is 2.11. The predicted molar refractivity (Wildman–Crippen MR) is 66.6 cm³/mol. The fourth-order valence-electron chi connectivity index (χ4n) is 1.96. The molecule has 2 rings (SSSR count). The fourth-order valence-corrected chi connectivity index (χ4v) is 2.76. The highest BCUT2D eigenvalue weighted by molar-refractivity contribution is 7.10. The molecule has 1 aliphatic heterocycles. The molecule has 0 aromatic carbocycles. The molecule has 0 radical (unpaired) electrons. The van der Waals surface area contributed by atoms with E-state index >= 15 is 0 Å². The summed E-state index contributed by atoms with van der Waals surface area (Å²) in [5, 5.41) is 14.0. The minimum Gasteiger partial charge on any atom is -0.478 e. The number of thiophene rings is 1. The third-order valence-electron chi connectivity index (χ3n) is 3.03. The highest BCUT2D eigenvalue weighted by Gasteiger charge is 2.26. The molecule has 1 fully saturated rings. The molecule has 2 N–H and O–H groups in total. The molecule has 94 valence electrons. The van der Waals surface area contributed by atoms with Gasteiger partial charge >= 0.3 is 5.97 Å². The number of carboxylic acid groups (broad SMARTS) is 1. The van der Waals surface area contributed by atoms with Gasteiger partial charge in [0.05, 0.1) is 12.2 Å². The molecule has 1 atom stereocenters. The van der Waals surface area contributed by atoms with Gasteiger partial charge in [-0.1, -0.05) is 0 Å². The van der Waals surface area contributed by atoms with Gasteiger partial charge in [0.2, 0.25) is 0 Å². The van der Waals surface area contributed by atoms with Gasteiger partial charge in [-0.2, -0.15) is 0 Å². The van der Waals surface area contributed by atoms with E-state index in [2.05, 4.69) is 12.2 Å². The largest absolute Gasteiger partial charge is 0.478 e. The maximum atomic E-state index is 10.7. The lowest BCUT2D eigenvalue weighted by Crippen LogP contribution is -2.48. The van der Waals surface area contributed by atoms with Crippen molar-refractivity contribution >= 4 is 17.3 Å². The normalized spacial score (nSPS) is 24.8. The molecule has 1 unspecified atom stereocenters. The van der Waals surface area contributed by atoms with Gasteiger partial charge in [0, 0.05) is 28.9 Å². The molecule has 0 aliphatic carbocycles. The van der Waals surface area contributed by atoms with Crippen molar-refractivity contribution in [3.63, 3.8) is 0 Å². The van der Waals surface area contributed by atoms with Gasteiger partial charge < -0.3 is 15.2 Å². The Morgan fingerprint density at radius 3 is 3.12 bits per heavy atom. The molecule has 5 heteroatoms. The van der Waals surface area contributed by atoms with E-state index in [0.29, 0.717) is 12.1 Å². The van der Waals surface area contributed by atoms with E-state index in [0.717, 1.165) is 30.9 Å². The SMILES string of the molecule is CC1(NCc2cc(C(=O)O)cs2)CCCOC1. The van der Waals surface area contributed by atoms with Crippen LogP contribution in [0.25, 0.3) is 0 Å². The van der Waals surface area contributed by atoms with Crippen LogP contribution in [-0.4, -0.2) is 29.8 Å². The smallest absolute Gasteiger partial charge is 0.336 e. The Morgan fingerprint density at radius 1 is 1.71 bits per heavy atom. The van der Waals surface area contributed by atoms with Crippen molar-refractivity contribution in [1.29, 1.82) is 0 Å². The summed E-state index contributed by atoms with van der Waals surface area (Å²) < 4.78 is 5.46. The number of aromatic carboxylic acids is 1. The number of hydrogen-bond donors (Lipinski definition) is 2. The van der Waals surface area contributed by atoms with Crippen molar-refractivity contribution in [2.24, 2.45) is 0 Å². The van der Waals surface area contributed by atoms with E-state index in [1.807, 2.05) is 0 Å². The third-order valence-corrected chi connectivity index (χ3v) is 3.96. The molecule has 0 saturated carbocycles. The van der Waals surface area contributed by atoms with Crippen LogP contribution in [0.3, 0.4) is 0 Å². The molecular weight excluding hydrogens is 238 g/mol. The van der Waals surface area contributed by atoms with Gasteiger partial charge in [-0.25, -0.2) is 4.79 Å². The van der Waals surface area contributed by atoms with E-state index < -0.39 is 5.97 Å². The number of ether oxygens (including phenoxy) is 1. The van der Waals surface area contributed by atoms with Gasteiger partial charge in [-0.15, -0.1) is 11.3 Å². The molecule has 1 aromatic rings. The molecule has 2 heterocycles. The quantitative estimate of drug-likeness (QED) is 0.865. The zero-order chi connectivity index (χ0) is 12.3. The first-order valence-corrected chi connectivity index (χ1v) is 6.60. The van der Waals surface area contributed by atoms with Crippen molar-refractivity contribution in [3.05, 3.63) is 21.9 Å². The molecule has 0 amide bonds. The molecule has 4 nitrogen and oxygen atoms in total. The average Bonchev–Trinajstić information content (AvgIpc) is 2.76. The monoisotopic (exact) mass is 255 g/mol. The standard InChI is InChI=1S/C12H17NO3S/c1-12(3-2-4-16-8-12)13-6-10-5-9(7-17-10)11(14)15/h5,7,13H,2-4,6,8H2,1H3,(H,14,15). The summed E-state index contributed by atoms with van der Waals surface area (Å²) in [4.78, 5) is 11.8. The van der Waals surface area contributed by atoms with E-state index in [1.54, 1.807) is 11.4 Å². The van der Waals surface area contributed by atoms with Gasteiger partial charge in [0.25, 0.3) is 0 Å². The molecule has 17 heavy (non-hydrogen) atoms. The molecule has 1 aliphatic rings. The second-order valence-corrected chi connectivity index (χ2v) is 5.67. The zero-order valence-corrected chi connectivity index (χ0v) is 10.7. The van der Waals surface area contributed by atoms with Crippen LogP contribution in [0.2, 0.25) is 0 Å². The maximum Gasteiger partial charge on any atom is 0.336 e. The second-order valence-electron chi connectivity index (χ2n) is 4.68. The summed E-state index contributed by atoms with van der Waals surface area (Å²) in [7, 11) is 0. The van der Waals surface area contributed by atoms with Crippen LogP contribution >= 0.6 is 11.3 Å². The van der Waals surface area contributed by atoms with Crippen molar-refractivity contribution in [3.8, 4) is 0 Å². The summed E-state index contributed by atoms with van der Waals surface area (Å²) in [5.74, 6) is -0.861. The van der Waals surface area contributed by atoms with E-state index in [1.165, 1.54) is 11.3 Å². The van der Waals surface area contributed by atoms with Crippen LogP contribution in [-0.2, 0) is 11.3 Å². The minimum absolute atomic E-state index is 0.0195. The Morgan fingerprint density at radius 2 is 2.53 bits per heavy atom. The van der Waals surface area contributed by atoms with E-state index in [9.17, 15) is 4.79 Å². The lowest BCUT2D eigenvalue weighted by molar-refractivity contribution is 0.0279. The molecule has 1 saturated heterocycles. The lowest BCUT2D eigenvalue weighted by Gasteiger charge is -2.34. The molecule has 0 spiro atoms. The van der Waals surface area contributed by atoms with Gasteiger partial charge in [0.15, 0.2) is 0 Å². The first-order valence-electron chi connectivity index (χ1n) is 5.73. The van der Waals surface area contributed by atoms with Crippen LogP contribution in [0.1, 0.15) is 35.0 Å². The lowest BCUT2D eigenvalue weighted by atomic mass is 9.95. The van der Waals surface area contributed by atoms with E-state index in [4.69, 9.17) is 9.84 Å². The van der Waals surface area contributed by atoms with Crippen LogP contribution in [0.15, 0.2) is 11.4 Å². The van der Waals surface area contributed by atoms with Gasteiger partial charge in [-0.3, -0.25) is 0 Å². The number of carboxylic acids is 1. The summed E-state index contributed by atoms with van der Waals surface area (Å²) in [6, 6.07) is 1.73. The fraction of sp³-hybridized carbons (Fsp3) is 0.583. The van der Waals surface area contributed by atoms with Crippen LogP contribution in [0, 0.1) is 0 Å². The number of carbonyl (C=O) groups is 1. The molecule has 1 aromatic heterocycles. The highest BCUT2D eigenvalue weighted by Crippen LogP contribution is 2.21. The Hall–Kier alpha value is -0.910. The highest BCUT2D eigenvalue weighted by atomic mass is 32.1. The summed E-state index contributed by atoms with van der Waals surface area (Å²) in [5.41, 5.74) is 0.392.